The van der Waals surface area contributed by atoms with Crippen molar-refractivity contribution in [3.63, 3.8) is 0 Å². The van der Waals surface area contributed by atoms with Crippen molar-refractivity contribution < 1.29 is 4.74 Å². The normalized spacial score (nSPS) is 23.2. The van der Waals surface area contributed by atoms with Crippen LogP contribution in [0.5, 0.6) is 0 Å². The number of H-pyrrole nitrogens is 1. The Morgan fingerprint density at radius 3 is 3.17 bits per heavy atom. The Kier molecular flexibility index (Phi) is 3.15. The van der Waals surface area contributed by atoms with Crippen molar-refractivity contribution in [2.45, 2.75) is 25.6 Å². The van der Waals surface area contributed by atoms with Crippen LogP contribution in [-0.2, 0) is 11.3 Å². The quantitative estimate of drug-likeness (QED) is 0.871. The summed E-state index contributed by atoms with van der Waals surface area (Å²) in [4.78, 5) is 18.9. The predicted molar refractivity (Wildman–Crippen MR) is 70.6 cm³/mol. The van der Waals surface area contributed by atoms with Crippen LogP contribution in [0.3, 0.4) is 0 Å². The van der Waals surface area contributed by atoms with Crippen LogP contribution in [0, 0.1) is 5.92 Å². The standard InChI is InChI=1S/C12H15N3O2S/c13-5-7-3-8(4-7)17-6-10-14-9-1-2-18-11(9)12(16)15-10/h1-2,7-8H,3-6,13H2,(H,14,15,16). The van der Waals surface area contributed by atoms with Gasteiger partial charge in [-0.25, -0.2) is 4.98 Å². The van der Waals surface area contributed by atoms with E-state index in [-0.39, 0.29) is 11.7 Å². The summed E-state index contributed by atoms with van der Waals surface area (Å²) in [5, 5.41) is 1.87. The summed E-state index contributed by atoms with van der Waals surface area (Å²) < 4.78 is 6.36. The van der Waals surface area contributed by atoms with E-state index in [2.05, 4.69) is 9.97 Å². The molecule has 0 radical (unpaired) electrons. The fraction of sp³-hybridized carbons (Fsp3) is 0.500. The summed E-state index contributed by atoms with van der Waals surface area (Å²) in [7, 11) is 0. The van der Waals surface area contributed by atoms with E-state index in [9.17, 15) is 4.79 Å². The molecule has 3 N–H and O–H groups in total. The fourth-order valence-electron chi connectivity index (χ4n) is 2.19. The largest absolute Gasteiger partial charge is 0.370 e. The number of thiophene rings is 1. The summed E-state index contributed by atoms with van der Waals surface area (Å²) >= 11 is 1.41. The maximum Gasteiger partial charge on any atom is 0.268 e. The first-order chi connectivity index (χ1) is 8.76. The molecule has 6 heteroatoms. The van der Waals surface area contributed by atoms with E-state index < -0.39 is 0 Å². The zero-order valence-corrected chi connectivity index (χ0v) is 10.7. The van der Waals surface area contributed by atoms with Gasteiger partial charge in [-0.1, -0.05) is 0 Å². The van der Waals surface area contributed by atoms with Gasteiger partial charge in [0.25, 0.3) is 5.56 Å². The molecular formula is C12H15N3O2S. The van der Waals surface area contributed by atoms with Gasteiger partial charge in [-0.3, -0.25) is 4.79 Å². The second-order valence-corrected chi connectivity index (χ2v) is 5.57. The zero-order chi connectivity index (χ0) is 12.5. The van der Waals surface area contributed by atoms with Crippen molar-refractivity contribution in [2.75, 3.05) is 6.54 Å². The molecule has 0 atom stereocenters. The second kappa shape index (κ2) is 4.79. The summed E-state index contributed by atoms with van der Waals surface area (Å²) in [6, 6.07) is 1.85. The highest BCUT2D eigenvalue weighted by atomic mass is 32.1. The van der Waals surface area contributed by atoms with Crippen LogP contribution in [-0.4, -0.2) is 22.6 Å². The van der Waals surface area contributed by atoms with E-state index >= 15 is 0 Å². The molecule has 0 amide bonds. The number of hydrogen-bond acceptors (Lipinski definition) is 5. The second-order valence-electron chi connectivity index (χ2n) is 4.65. The minimum Gasteiger partial charge on any atom is -0.370 e. The van der Waals surface area contributed by atoms with E-state index in [1.54, 1.807) is 0 Å². The number of rotatable bonds is 4. The van der Waals surface area contributed by atoms with E-state index in [1.807, 2.05) is 11.4 Å². The molecule has 0 aromatic carbocycles. The Morgan fingerprint density at radius 1 is 1.56 bits per heavy atom. The number of nitrogens with one attached hydrogen (secondary N) is 1. The van der Waals surface area contributed by atoms with Gasteiger partial charge in [-0.05, 0) is 36.8 Å². The molecule has 18 heavy (non-hydrogen) atoms. The van der Waals surface area contributed by atoms with Gasteiger partial charge in [0.15, 0.2) is 0 Å². The van der Waals surface area contributed by atoms with Gasteiger partial charge in [0.1, 0.15) is 17.1 Å². The van der Waals surface area contributed by atoms with Crippen LogP contribution in [0.2, 0.25) is 0 Å². The van der Waals surface area contributed by atoms with E-state index in [4.69, 9.17) is 10.5 Å². The minimum absolute atomic E-state index is 0.0814. The topological polar surface area (TPSA) is 81.0 Å². The molecule has 2 aromatic heterocycles. The molecule has 1 fully saturated rings. The molecule has 0 spiro atoms. The van der Waals surface area contributed by atoms with Gasteiger partial charge in [-0.15, -0.1) is 11.3 Å². The smallest absolute Gasteiger partial charge is 0.268 e. The molecule has 0 bridgehead atoms. The molecule has 96 valence electrons. The van der Waals surface area contributed by atoms with Gasteiger partial charge < -0.3 is 15.5 Å². The third kappa shape index (κ3) is 2.19. The van der Waals surface area contributed by atoms with Crippen molar-refractivity contribution in [1.29, 1.82) is 0 Å². The highest BCUT2D eigenvalue weighted by Gasteiger charge is 2.28. The lowest BCUT2D eigenvalue weighted by atomic mass is 9.82. The third-order valence-corrected chi connectivity index (χ3v) is 4.25. The first kappa shape index (κ1) is 11.8. The van der Waals surface area contributed by atoms with Gasteiger partial charge in [0.05, 0.1) is 11.6 Å². The number of hydrogen-bond donors (Lipinski definition) is 2. The van der Waals surface area contributed by atoms with Crippen LogP contribution in [0.1, 0.15) is 18.7 Å². The average molecular weight is 265 g/mol. The van der Waals surface area contributed by atoms with Crippen molar-refractivity contribution in [2.24, 2.45) is 11.7 Å². The number of aromatic amines is 1. The van der Waals surface area contributed by atoms with E-state index in [1.165, 1.54) is 11.3 Å². The van der Waals surface area contributed by atoms with Crippen LogP contribution < -0.4 is 11.3 Å². The average Bonchev–Trinajstić information content (AvgIpc) is 2.76. The summed E-state index contributed by atoms with van der Waals surface area (Å²) in [6.07, 6.45) is 2.30. The molecule has 3 rings (SSSR count). The zero-order valence-electron chi connectivity index (χ0n) is 9.89. The molecule has 1 saturated carbocycles. The molecule has 2 aromatic rings. The minimum atomic E-state index is -0.0814. The summed E-state index contributed by atoms with van der Waals surface area (Å²) in [6.45, 7) is 1.10. The lowest BCUT2D eigenvalue weighted by Crippen LogP contribution is -2.35. The monoisotopic (exact) mass is 265 g/mol. The maximum atomic E-state index is 11.7. The number of nitrogens with zero attached hydrogens (tertiary/aromatic N) is 1. The fourth-order valence-corrected chi connectivity index (χ4v) is 2.92. The van der Waals surface area contributed by atoms with Crippen LogP contribution in [0.25, 0.3) is 10.2 Å². The molecule has 1 aliphatic carbocycles. The maximum absolute atomic E-state index is 11.7. The Hall–Kier alpha value is -1.24. The molecule has 2 heterocycles. The molecule has 0 unspecified atom stereocenters. The Morgan fingerprint density at radius 2 is 2.39 bits per heavy atom. The van der Waals surface area contributed by atoms with Crippen molar-refractivity contribution in [3.8, 4) is 0 Å². The van der Waals surface area contributed by atoms with E-state index in [0.717, 1.165) is 24.9 Å². The lowest BCUT2D eigenvalue weighted by molar-refractivity contribution is -0.0399. The van der Waals surface area contributed by atoms with Gasteiger partial charge in [0.2, 0.25) is 0 Å². The van der Waals surface area contributed by atoms with Gasteiger partial charge in [0, 0.05) is 0 Å². The summed E-state index contributed by atoms with van der Waals surface area (Å²) in [5.41, 5.74) is 6.22. The van der Waals surface area contributed by atoms with Gasteiger partial charge >= 0.3 is 0 Å². The number of nitrogens with two attached hydrogens (primary N) is 1. The number of ether oxygens (including phenoxy) is 1. The van der Waals surface area contributed by atoms with Crippen molar-refractivity contribution in [3.05, 3.63) is 27.6 Å². The molecule has 1 aliphatic rings. The molecule has 0 aliphatic heterocycles. The van der Waals surface area contributed by atoms with Crippen LogP contribution in [0.15, 0.2) is 16.2 Å². The summed E-state index contributed by atoms with van der Waals surface area (Å²) in [5.74, 6) is 1.20. The Balaban J connectivity index is 1.66. The van der Waals surface area contributed by atoms with Crippen molar-refractivity contribution >= 4 is 21.6 Å². The molecular weight excluding hydrogens is 250 g/mol. The number of fused-ring (bicyclic) bond motifs is 1. The predicted octanol–water partition coefficient (Wildman–Crippen LogP) is 1.24. The molecule has 5 nitrogen and oxygen atoms in total. The SMILES string of the molecule is NCC1CC(OCc2nc3ccsc3c(=O)[nH]2)C1. The lowest BCUT2D eigenvalue weighted by Gasteiger charge is -2.34. The van der Waals surface area contributed by atoms with E-state index in [0.29, 0.717) is 23.0 Å². The highest BCUT2D eigenvalue weighted by molar-refractivity contribution is 7.17. The molecule has 0 saturated heterocycles. The highest BCUT2D eigenvalue weighted by Crippen LogP contribution is 2.29. The van der Waals surface area contributed by atoms with Gasteiger partial charge in [-0.2, -0.15) is 0 Å². The van der Waals surface area contributed by atoms with Crippen LogP contribution >= 0.6 is 11.3 Å². The first-order valence-corrected chi connectivity index (χ1v) is 6.92. The van der Waals surface area contributed by atoms with Crippen molar-refractivity contribution in [1.82, 2.24) is 9.97 Å². The first-order valence-electron chi connectivity index (χ1n) is 6.04. The third-order valence-electron chi connectivity index (χ3n) is 3.35. The van der Waals surface area contributed by atoms with Crippen LogP contribution in [0.4, 0.5) is 0 Å². The number of aromatic nitrogens is 2. The Bertz CT molecular complexity index is 601. The Labute approximate surface area is 108 Å².